The van der Waals surface area contributed by atoms with E-state index in [9.17, 15) is 9.59 Å². The molecular weight excluding hydrogens is 1060 g/mol. The van der Waals surface area contributed by atoms with Crippen molar-refractivity contribution in [1.29, 1.82) is 0 Å². The van der Waals surface area contributed by atoms with Crippen molar-refractivity contribution in [3.63, 3.8) is 0 Å². The van der Waals surface area contributed by atoms with E-state index in [0.29, 0.717) is 53.5 Å². The van der Waals surface area contributed by atoms with Gasteiger partial charge in [0.2, 0.25) is 0 Å². The minimum Gasteiger partial charge on any atom is -0.486 e. The van der Waals surface area contributed by atoms with Gasteiger partial charge in [-0.1, -0.05) is 66.7 Å². The van der Waals surface area contributed by atoms with E-state index in [4.69, 9.17) is 37.1 Å². The first-order chi connectivity index (χ1) is 37.1. The van der Waals surface area contributed by atoms with Gasteiger partial charge >= 0.3 is 19.3 Å². The highest BCUT2D eigenvalue weighted by molar-refractivity contribution is 9.10. The molecule has 78 heavy (non-hydrogen) atoms. The molecule has 7 heterocycles. The molecule has 3 aliphatic heterocycles. The third kappa shape index (κ3) is 13.0. The van der Waals surface area contributed by atoms with Gasteiger partial charge in [-0.05, 0) is 140 Å². The number of hydrogen-bond acceptors (Lipinski definition) is 14. The Morgan fingerprint density at radius 1 is 0.641 bits per heavy atom. The lowest BCUT2D eigenvalue weighted by molar-refractivity contribution is 0.00578. The molecule has 0 spiro atoms. The van der Waals surface area contributed by atoms with Crippen molar-refractivity contribution < 1.29 is 46.7 Å². The Kier molecular flexibility index (Phi) is 16.4. The Hall–Kier alpha value is -7.16. The molecule has 2 N–H and O–H groups in total. The van der Waals surface area contributed by atoms with Gasteiger partial charge in [-0.2, -0.15) is 0 Å². The van der Waals surface area contributed by atoms with Gasteiger partial charge in [0.25, 0.3) is 0 Å². The smallest absolute Gasteiger partial charge is 0.486 e. The lowest BCUT2D eigenvalue weighted by Crippen LogP contribution is -2.41. The molecule has 3 saturated heterocycles. The van der Waals surface area contributed by atoms with Crippen LogP contribution in [0.2, 0.25) is 0 Å². The Balaban J connectivity index is 0.000000149. The number of aromatic amines is 2. The van der Waals surface area contributed by atoms with Gasteiger partial charge in [0.15, 0.2) is 35.0 Å². The number of amides is 2. The molecule has 410 valence electrons. The van der Waals surface area contributed by atoms with Crippen LogP contribution in [0.3, 0.4) is 0 Å². The summed E-state index contributed by atoms with van der Waals surface area (Å²) in [4.78, 5) is 52.4. The van der Waals surface area contributed by atoms with Gasteiger partial charge in [0.05, 0.1) is 41.4 Å². The Bertz CT molecular complexity index is 3290. The van der Waals surface area contributed by atoms with Crippen LogP contribution in [-0.4, -0.2) is 94.5 Å². The second-order valence-corrected chi connectivity index (χ2v) is 23.3. The van der Waals surface area contributed by atoms with Gasteiger partial charge in [0, 0.05) is 24.1 Å². The van der Waals surface area contributed by atoms with Crippen LogP contribution < -0.4 is 14.9 Å². The number of nitrogens with zero attached hydrogens (tertiary/aromatic N) is 6. The summed E-state index contributed by atoms with van der Waals surface area (Å²) in [6, 6.07) is 27.5. The number of fused-ring (bicyclic) bond motifs is 2. The summed E-state index contributed by atoms with van der Waals surface area (Å²) in [7, 11) is -0.501. The maximum atomic E-state index is 12.7. The number of rotatable bonds is 10. The Morgan fingerprint density at radius 3 is 1.62 bits per heavy atom. The quantitative estimate of drug-likeness (QED) is 0.122. The summed E-state index contributed by atoms with van der Waals surface area (Å²) in [5.74, 6) is 2.88. The molecule has 3 aliphatic rings. The van der Waals surface area contributed by atoms with Crippen LogP contribution in [0.25, 0.3) is 33.5 Å². The SMILES string of the molecule is CC(C)(C)OC(=O)N1CCC[C@H]1c1ncc(-c2ccc(OCc3ccccc3)c3ncoc23)[nH]1.CC(C)(C)OC(=O)N1CCC[C@H]1c1ncc(Br)[nH]1.CC1(C)OB(c2ccc(OCc3ccccc3)c3ncoc23)OC1(C)C. The second-order valence-electron chi connectivity index (χ2n) is 22.4. The molecule has 4 aromatic carbocycles. The lowest BCUT2D eigenvalue weighted by Gasteiger charge is -2.32. The largest absolute Gasteiger partial charge is 0.498 e. The predicted molar refractivity (Wildman–Crippen MR) is 299 cm³/mol. The van der Waals surface area contributed by atoms with E-state index >= 15 is 0 Å². The summed E-state index contributed by atoms with van der Waals surface area (Å²) in [6.07, 6.45) is 9.36. The number of ether oxygens (including phenoxy) is 4. The van der Waals surface area contributed by atoms with Crippen molar-refractivity contribution in [2.75, 3.05) is 13.1 Å². The minimum atomic E-state index is -0.541. The number of halogens is 1. The number of H-pyrrole nitrogens is 2. The van der Waals surface area contributed by atoms with Crippen molar-refractivity contribution in [3.05, 3.63) is 137 Å². The number of imidazole rings is 2. The van der Waals surface area contributed by atoms with Crippen molar-refractivity contribution in [2.45, 2.75) is 143 Å². The highest BCUT2D eigenvalue weighted by Crippen LogP contribution is 2.39. The number of benzene rings is 4. The monoisotopic (exact) mass is 1130 g/mol. The maximum Gasteiger partial charge on any atom is 0.498 e. The summed E-state index contributed by atoms with van der Waals surface area (Å²) in [5, 5.41) is 0. The van der Waals surface area contributed by atoms with Gasteiger partial charge in [-0.15, -0.1) is 0 Å². The number of aromatic nitrogens is 6. The van der Waals surface area contributed by atoms with Crippen molar-refractivity contribution in [2.24, 2.45) is 0 Å². The van der Waals surface area contributed by atoms with E-state index in [-0.39, 0.29) is 24.3 Å². The zero-order valence-corrected chi connectivity index (χ0v) is 47.5. The molecule has 0 unspecified atom stereocenters. The third-order valence-corrected chi connectivity index (χ3v) is 14.2. The van der Waals surface area contributed by atoms with Gasteiger partial charge in [-0.25, -0.2) is 29.5 Å². The summed E-state index contributed by atoms with van der Waals surface area (Å²) < 4.78 is 47.5. The predicted octanol–water partition coefficient (Wildman–Crippen LogP) is 12.8. The average molecular weight is 1130 g/mol. The number of nitrogens with one attached hydrogen (secondary N) is 2. The first kappa shape index (κ1) is 55.6. The summed E-state index contributed by atoms with van der Waals surface area (Å²) in [5.41, 5.74) is 5.38. The van der Waals surface area contributed by atoms with E-state index in [1.165, 1.54) is 12.8 Å². The fourth-order valence-corrected chi connectivity index (χ4v) is 9.56. The molecule has 2 amide bonds. The number of hydrogen-bond donors (Lipinski definition) is 2. The molecule has 11 rings (SSSR count). The van der Waals surface area contributed by atoms with Crippen LogP contribution in [0.5, 0.6) is 11.5 Å². The van der Waals surface area contributed by atoms with Crippen LogP contribution in [0.1, 0.15) is 130 Å². The normalized spacial score (nSPS) is 17.9. The standard InChI is InChI=1S/C26H28N4O4.C20H22BNO4.C12H18BrN3O2/c1-26(2,3)34-25(31)30-13-7-10-20(30)24-27-14-19(29-24)18-11-12-21(22-23(18)33-16-28-22)32-15-17-8-5-4-6-9-17;1-19(2)20(3,4)26-21(25-19)15-10-11-16(17-18(15)24-13-22-17)23-12-14-8-6-5-7-9-14;1-12(2,3)18-11(17)16-6-4-5-8(16)10-14-7-9(13)15-10/h4-6,8-9,11-12,14,16,20H,7,10,13,15H2,1-3H3,(H,27,29);5-11,13H,12H2,1-4H3;7-8H,4-6H2,1-3H3,(H,14,15)/t20-;;8-/m0.0/s1. The second kappa shape index (κ2) is 23.0. The molecule has 0 saturated carbocycles. The van der Waals surface area contributed by atoms with E-state index in [1.54, 1.807) is 22.2 Å². The van der Waals surface area contributed by atoms with Crippen LogP contribution in [-0.2, 0) is 32.0 Å². The van der Waals surface area contributed by atoms with Crippen LogP contribution in [0.4, 0.5) is 9.59 Å². The summed E-state index contributed by atoms with van der Waals surface area (Å²) >= 11 is 3.33. The first-order valence-corrected chi connectivity index (χ1v) is 27.1. The molecule has 18 nitrogen and oxygen atoms in total. The van der Waals surface area contributed by atoms with Gasteiger partial charge in [0.1, 0.15) is 52.2 Å². The zero-order chi connectivity index (χ0) is 55.4. The lowest BCUT2D eigenvalue weighted by atomic mass is 9.78. The molecule has 0 bridgehead atoms. The number of carbonyl (C=O) groups excluding carboxylic acids is 2. The Labute approximate surface area is 463 Å². The van der Waals surface area contributed by atoms with Crippen molar-refractivity contribution in [1.82, 2.24) is 39.7 Å². The number of carbonyl (C=O) groups is 2. The molecule has 8 aromatic rings. The van der Waals surface area contributed by atoms with Crippen LogP contribution >= 0.6 is 15.9 Å². The molecule has 3 fully saturated rings. The molecule has 20 heteroatoms. The highest BCUT2D eigenvalue weighted by Gasteiger charge is 2.52. The van der Waals surface area contributed by atoms with Gasteiger partial charge in [-0.3, -0.25) is 9.80 Å². The van der Waals surface area contributed by atoms with E-state index < -0.39 is 29.5 Å². The van der Waals surface area contributed by atoms with E-state index in [2.05, 4.69) is 45.8 Å². The molecular formula is C58H68BBrN8O10. The topological polar surface area (TPSA) is 205 Å². The molecule has 2 atom stereocenters. The number of oxazole rings is 2. The minimum absolute atomic E-state index is 0.00819. The average Bonchev–Trinajstić information content (AvgIpc) is 4.31. The fourth-order valence-electron chi connectivity index (χ4n) is 9.25. The highest BCUT2D eigenvalue weighted by atomic mass is 79.9. The first-order valence-electron chi connectivity index (χ1n) is 26.3. The van der Waals surface area contributed by atoms with Crippen molar-refractivity contribution >= 4 is 62.9 Å². The molecule has 0 aliphatic carbocycles. The number of likely N-dealkylation sites (tertiary alicyclic amines) is 2. The Morgan fingerprint density at radius 2 is 1.12 bits per heavy atom. The van der Waals surface area contributed by atoms with Gasteiger partial charge < -0.3 is 47.1 Å². The molecule has 4 aromatic heterocycles. The molecule has 0 radical (unpaired) electrons. The van der Waals surface area contributed by atoms with E-state index in [0.717, 1.165) is 76.3 Å². The third-order valence-electron chi connectivity index (χ3n) is 13.7. The van der Waals surface area contributed by atoms with Crippen molar-refractivity contribution in [3.8, 4) is 22.8 Å². The van der Waals surface area contributed by atoms with E-state index in [1.807, 2.05) is 154 Å². The maximum absolute atomic E-state index is 12.7. The zero-order valence-electron chi connectivity index (χ0n) is 45.9. The summed E-state index contributed by atoms with van der Waals surface area (Å²) in [6.45, 7) is 21.6. The van der Waals surface area contributed by atoms with Crippen LogP contribution in [0, 0.1) is 0 Å². The fraction of sp³-hybridized carbons (Fsp3) is 0.414. The van der Waals surface area contributed by atoms with Crippen LogP contribution in [0.15, 0.2) is 124 Å².